The first-order valence-corrected chi connectivity index (χ1v) is 5.76. The number of esters is 1. The van der Waals surface area contributed by atoms with Crippen molar-refractivity contribution in [2.24, 2.45) is 0 Å². The molecule has 0 radical (unpaired) electrons. The molecule has 0 saturated heterocycles. The van der Waals surface area contributed by atoms with Crippen LogP contribution in [-0.2, 0) is 4.74 Å². The minimum Gasteiger partial charge on any atom is -0.465 e. The molecule has 0 saturated carbocycles. The van der Waals surface area contributed by atoms with Gasteiger partial charge in [0.2, 0.25) is 0 Å². The first kappa shape index (κ1) is 12.9. The molecule has 0 N–H and O–H groups in total. The van der Waals surface area contributed by atoms with Gasteiger partial charge in [0.15, 0.2) is 5.78 Å². The van der Waals surface area contributed by atoms with E-state index in [1.165, 1.54) is 7.11 Å². The Hall–Kier alpha value is -1.16. The second-order valence-electron chi connectivity index (χ2n) is 3.52. The maximum absolute atomic E-state index is 11.8. The lowest BCUT2D eigenvalue weighted by molar-refractivity contribution is 0.0597. The molecule has 0 spiro atoms. The molecule has 1 rings (SSSR count). The molecule has 4 heteroatoms. The first-order valence-electron chi connectivity index (χ1n) is 4.84. The monoisotopic (exact) mass is 284 g/mol. The molecule has 0 heterocycles. The molecule has 1 atom stereocenters. The fourth-order valence-electron chi connectivity index (χ4n) is 1.37. The van der Waals surface area contributed by atoms with Crippen LogP contribution < -0.4 is 0 Å². The van der Waals surface area contributed by atoms with E-state index in [0.29, 0.717) is 11.1 Å². The molecule has 0 amide bonds. The third kappa shape index (κ3) is 2.70. The van der Waals surface area contributed by atoms with Gasteiger partial charge in [0.05, 0.1) is 17.5 Å². The highest BCUT2D eigenvalue weighted by molar-refractivity contribution is 9.10. The molecule has 1 aromatic carbocycles. The summed E-state index contributed by atoms with van der Waals surface area (Å²) in [5, 5.41) is 0. The van der Waals surface area contributed by atoms with E-state index in [0.717, 1.165) is 5.56 Å². The fraction of sp³-hybridized carbons (Fsp3) is 0.333. The van der Waals surface area contributed by atoms with E-state index in [9.17, 15) is 9.59 Å². The van der Waals surface area contributed by atoms with Crippen molar-refractivity contribution in [1.82, 2.24) is 0 Å². The highest BCUT2D eigenvalue weighted by Crippen LogP contribution is 2.17. The summed E-state index contributed by atoms with van der Waals surface area (Å²) in [6, 6.07) is 5.12. The lowest BCUT2D eigenvalue weighted by atomic mass is 10.00. The number of benzene rings is 1. The Labute approximate surface area is 103 Å². The van der Waals surface area contributed by atoms with E-state index < -0.39 is 5.97 Å². The SMILES string of the molecule is COC(=O)c1cc(C)ccc1C(=O)C(C)Br. The number of rotatable bonds is 3. The van der Waals surface area contributed by atoms with Gasteiger partial charge in [-0.1, -0.05) is 33.6 Å². The second-order valence-corrected chi connectivity index (χ2v) is 4.89. The Morgan fingerprint density at radius 3 is 2.44 bits per heavy atom. The summed E-state index contributed by atoms with van der Waals surface area (Å²) < 4.78 is 4.66. The number of carbonyl (C=O) groups excluding carboxylic acids is 2. The number of methoxy groups -OCH3 is 1. The van der Waals surface area contributed by atoms with Gasteiger partial charge in [0, 0.05) is 5.56 Å². The molecular formula is C12H13BrO3. The zero-order valence-corrected chi connectivity index (χ0v) is 11.0. The fourth-order valence-corrected chi connectivity index (χ4v) is 1.61. The standard InChI is InChI=1S/C12H13BrO3/c1-7-4-5-9(11(14)8(2)13)10(6-7)12(15)16-3/h4-6,8H,1-3H3. The Morgan fingerprint density at radius 2 is 1.94 bits per heavy atom. The summed E-state index contributed by atoms with van der Waals surface area (Å²) in [5.74, 6) is -0.611. The summed E-state index contributed by atoms with van der Waals surface area (Å²) >= 11 is 3.20. The largest absolute Gasteiger partial charge is 0.465 e. The van der Waals surface area contributed by atoms with Crippen LogP contribution in [0.2, 0.25) is 0 Å². The van der Waals surface area contributed by atoms with E-state index in [1.807, 2.05) is 6.92 Å². The molecule has 0 aliphatic rings. The van der Waals surface area contributed by atoms with Gasteiger partial charge >= 0.3 is 5.97 Å². The van der Waals surface area contributed by atoms with Gasteiger partial charge in [-0.3, -0.25) is 4.79 Å². The number of carbonyl (C=O) groups is 2. The second kappa shape index (κ2) is 5.25. The van der Waals surface area contributed by atoms with Gasteiger partial charge in [-0.05, 0) is 19.9 Å². The van der Waals surface area contributed by atoms with E-state index in [2.05, 4.69) is 20.7 Å². The summed E-state index contributed by atoms with van der Waals surface area (Å²) in [6.45, 7) is 3.58. The third-order valence-corrected chi connectivity index (χ3v) is 2.62. The van der Waals surface area contributed by atoms with Gasteiger partial charge < -0.3 is 4.74 Å². The highest BCUT2D eigenvalue weighted by atomic mass is 79.9. The summed E-state index contributed by atoms with van der Waals surface area (Å²) in [4.78, 5) is 23.0. The van der Waals surface area contributed by atoms with Crippen LogP contribution in [-0.4, -0.2) is 23.7 Å². The van der Waals surface area contributed by atoms with Gasteiger partial charge in [-0.25, -0.2) is 4.79 Å². The summed E-state index contributed by atoms with van der Waals surface area (Å²) in [5.41, 5.74) is 1.62. The molecule has 86 valence electrons. The number of Topliss-reactive ketones (excluding diaryl/α,β-unsaturated/α-hetero) is 1. The van der Waals surface area contributed by atoms with Crippen LogP contribution in [0.3, 0.4) is 0 Å². The van der Waals surface area contributed by atoms with Crippen molar-refractivity contribution in [3.8, 4) is 0 Å². The predicted molar refractivity (Wildman–Crippen MR) is 65.2 cm³/mol. The summed E-state index contributed by atoms with van der Waals surface area (Å²) in [7, 11) is 1.30. The van der Waals surface area contributed by atoms with Crippen LogP contribution in [0.4, 0.5) is 0 Å². The van der Waals surface area contributed by atoms with Crippen LogP contribution in [0.1, 0.15) is 33.2 Å². The van der Waals surface area contributed by atoms with Crippen molar-refractivity contribution < 1.29 is 14.3 Å². The first-order chi connectivity index (χ1) is 7.47. The van der Waals surface area contributed by atoms with Crippen molar-refractivity contribution in [2.75, 3.05) is 7.11 Å². The Balaban J connectivity index is 3.28. The quantitative estimate of drug-likeness (QED) is 0.487. The maximum atomic E-state index is 11.8. The number of ether oxygens (including phenoxy) is 1. The highest BCUT2D eigenvalue weighted by Gasteiger charge is 2.20. The van der Waals surface area contributed by atoms with Crippen molar-refractivity contribution in [1.29, 1.82) is 0 Å². The lowest BCUT2D eigenvalue weighted by Crippen LogP contribution is -2.16. The lowest BCUT2D eigenvalue weighted by Gasteiger charge is -2.09. The third-order valence-electron chi connectivity index (χ3n) is 2.21. The average molecular weight is 285 g/mol. The smallest absolute Gasteiger partial charge is 0.338 e. The molecular weight excluding hydrogens is 272 g/mol. The molecule has 1 unspecified atom stereocenters. The molecule has 0 aliphatic carbocycles. The van der Waals surface area contributed by atoms with E-state index >= 15 is 0 Å². The van der Waals surface area contributed by atoms with Crippen LogP contribution in [0.25, 0.3) is 0 Å². The molecule has 1 aromatic rings. The molecule has 0 aromatic heterocycles. The van der Waals surface area contributed by atoms with Crippen molar-refractivity contribution >= 4 is 27.7 Å². The number of alkyl halides is 1. The predicted octanol–water partition coefficient (Wildman–Crippen LogP) is 2.75. The van der Waals surface area contributed by atoms with Crippen LogP contribution in [0, 0.1) is 6.92 Å². The topological polar surface area (TPSA) is 43.4 Å². The van der Waals surface area contributed by atoms with Crippen LogP contribution in [0.15, 0.2) is 18.2 Å². The zero-order valence-electron chi connectivity index (χ0n) is 9.41. The normalized spacial score (nSPS) is 12.0. The number of ketones is 1. The molecule has 3 nitrogen and oxygen atoms in total. The number of hydrogen-bond donors (Lipinski definition) is 0. The van der Waals surface area contributed by atoms with Crippen LogP contribution in [0.5, 0.6) is 0 Å². The minimum atomic E-state index is -0.486. The summed E-state index contributed by atoms with van der Waals surface area (Å²) in [6.07, 6.45) is 0. The van der Waals surface area contributed by atoms with Gasteiger partial charge in [0.1, 0.15) is 0 Å². The van der Waals surface area contributed by atoms with Crippen molar-refractivity contribution in [3.05, 3.63) is 34.9 Å². The van der Waals surface area contributed by atoms with Crippen molar-refractivity contribution in [3.63, 3.8) is 0 Å². The van der Waals surface area contributed by atoms with Crippen LogP contribution >= 0.6 is 15.9 Å². The van der Waals surface area contributed by atoms with E-state index in [4.69, 9.17) is 0 Å². The Bertz CT molecular complexity index is 424. The maximum Gasteiger partial charge on any atom is 0.338 e. The molecule has 0 fully saturated rings. The van der Waals surface area contributed by atoms with E-state index in [-0.39, 0.29) is 10.6 Å². The van der Waals surface area contributed by atoms with Gasteiger partial charge in [-0.2, -0.15) is 0 Å². The average Bonchev–Trinajstić information content (AvgIpc) is 2.26. The van der Waals surface area contributed by atoms with E-state index in [1.54, 1.807) is 25.1 Å². The molecule has 0 aliphatic heterocycles. The van der Waals surface area contributed by atoms with Crippen molar-refractivity contribution in [2.45, 2.75) is 18.7 Å². The Kier molecular flexibility index (Phi) is 4.24. The number of hydrogen-bond acceptors (Lipinski definition) is 3. The van der Waals surface area contributed by atoms with Gasteiger partial charge in [0.25, 0.3) is 0 Å². The minimum absolute atomic E-state index is 0.125. The number of aryl methyl sites for hydroxylation is 1. The molecule has 16 heavy (non-hydrogen) atoms. The Morgan fingerprint density at radius 1 is 1.31 bits per heavy atom. The van der Waals surface area contributed by atoms with Gasteiger partial charge in [-0.15, -0.1) is 0 Å². The number of halogens is 1. The zero-order chi connectivity index (χ0) is 12.3. The molecule has 0 bridgehead atoms.